The predicted molar refractivity (Wildman–Crippen MR) is 70.3 cm³/mol. The molecule has 0 heterocycles. The zero-order chi connectivity index (χ0) is 15.2. The summed E-state index contributed by atoms with van der Waals surface area (Å²) in [6.07, 6.45) is 1.52. The number of alkyl halides is 2. The Morgan fingerprint density at radius 3 is 2.30 bits per heavy atom. The van der Waals surface area contributed by atoms with Gasteiger partial charge in [0.25, 0.3) is 5.91 Å². The molecular formula is C12H16F2N2O3S. The molecule has 0 radical (unpaired) electrons. The largest absolute Gasteiger partial charge is 0.352 e. The lowest BCUT2D eigenvalue weighted by Gasteiger charge is -2.06. The average Bonchev–Trinajstić information content (AvgIpc) is 2.43. The van der Waals surface area contributed by atoms with Crippen molar-refractivity contribution in [1.82, 2.24) is 5.32 Å². The van der Waals surface area contributed by atoms with E-state index in [4.69, 9.17) is 5.73 Å². The second-order valence-electron chi connectivity index (χ2n) is 4.08. The fraction of sp³-hybridized carbons (Fsp3) is 0.417. The molecule has 112 valence electrons. The van der Waals surface area contributed by atoms with Crippen molar-refractivity contribution in [2.75, 3.05) is 13.1 Å². The van der Waals surface area contributed by atoms with Crippen LogP contribution in [0.5, 0.6) is 0 Å². The monoisotopic (exact) mass is 306 g/mol. The van der Waals surface area contributed by atoms with Crippen LogP contribution in [0.4, 0.5) is 8.78 Å². The summed E-state index contributed by atoms with van der Waals surface area (Å²) >= 11 is 0. The fourth-order valence-corrected chi connectivity index (χ4v) is 2.19. The van der Waals surface area contributed by atoms with Gasteiger partial charge in [-0.05, 0) is 43.7 Å². The summed E-state index contributed by atoms with van der Waals surface area (Å²) in [6.45, 7) is 0.989. The number of rotatable bonds is 7. The van der Waals surface area contributed by atoms with Gasteiger partial charge < -0.3 is 11.1 Å². The van der Waals surface area contributed by atoms with Crippen LogP contribution >= 0.6 is 0 Å². The Labute approximate surface area is 116 Å². The molecule has 3 N–H and O–H groups in total. The molecule has 8 heteroatoms. The molecule has 20 heavy (non-hydrogen) atoms. The molecule has 0 saturated heterocycles. The van der Waals surface area contributed by atoms with Gasteiger partial charge in [-0.15, -0.1) is 0 Å². The molecule has 1 rings (SSSR count). The molecular weight excluding hydrogens is 290 g/mol. The van der Waals surface area contributed by atoms with Crippen molar-refractivity contribution in [2.24, 2.45) is 5.73 Å². The Bertz CT molecular complexity index is 544. The molecule has 0 aliphatic rings. The maximum Gasteiger partial charge on any atom is 0.341 e. The molecule has 0 aliphatic heterocycles. The lowest BCUT2D eigenvalue weighted by molar-refractivity contribution is 0.0953. The van der Waals surface area contributed by atoms with Crippen LogP contribution in [-0.2, 0) is 9.84 Å². The second-order valence-corrected chi connectivity index (χ2v) is 6.00. The molecule has 0 aliphatic carbocycles. The first-order valence-corrected chi connectivity index (χ1v) is 7.54. The molecule has 1 aromatic rings. The molecule has 0 atom stereocenters. The first-order valence-electron chi connectivity index (χ1n) is 6.00. The average molecular weight is 306 g/mol. The molecule has 0 fully saturated rings. The van der Waals surface area contributed by atoms with Crippen molar-refractivity contribution in [3.63, 3.8) is 0 Å². The summed E-state index contributed by atoms with van der Waals surface area (Å²) in [4.78, 5) is 11.2. The zero-order valence-electron chi connectivity index (χ0n) is 10.7. The highest BCUT2D eigenvalue weighted by atomic mass is 32.2. The quantitative estimate of drug-likeness (QED) is 0.740. The van der Waals surface area contributed by atoms with E-state index in [1.165, 1.54) is 12.1 Å². The molecule has 0 unspecified atom stereocenters. The smallest absolute Gasteiger partial charge is 0.341 e. The molecule has 1 amide bonds. The summed E-state index contributed by atoms with van der Waals surface area (Å²) in [5.74, 6) is -3.86. The number of hydrogen-bond acceptors (Lipinski definition) is 4. The normalized spacial score (nSPS) is 11.6. The third kappa shape index (κ3) is 4.24. The van der Waals surface area contributed by atoms with Gasteiger partial charge in [-0.1, -0.05) is 0 Å². The van der Waals surface area contributed by atoms with Crippen molar-refractivity contribution in [3.05, 3.63) is 29.8 Å². The maximum atomic E-state index is 12.3. The maximum absolute atomic E-state index is 12.3. The number of unbranched alkanes of at least 4 members (excludes halogenated alkanes) is 1. The number of carbonyl (C=O) groups is 1. The molecule has 1 aromatic carbocycles. The van der Waals surface area contributed by atoms with Crippen LogP contribution in [0, 0.1) is 0 Å². The van der Waals surface area contributed by atoms with Gasteiger partial charge in [-0.3, -0.25) is 4.79 Å². The Hall–Kier alpha value is -1.54. The van der Waals surface area contributed by atoms with Crippen molar-refractivity contribution < 1.29 is 22.0 Å². The van der Waals surface area contributed by atoms with Crippen molar-refractivity contribution >= 4 is 15.7 Å². The van der Waals surface area contributed by atoms with Crippen LogP contribution in [0.25, 0.3) is 0 Å². The topological polar surface area (TPSA) is 89.3 Å². The van der Waals surface area contributed by atoms with Gasteiger partial charge in [0.15, 0.2) is 0 Å². The zero-order valence-corrected chi connectivity index (χ0v) is 11.5. The van der Waals surface area contributed by atoms with Gasteiger partial charge in [0.1, 0.15) is 0 Å². The minimum atomic E-state index is -4.62. The first-order chi connectivity index (χ1) is 9.39. The van der Waals surface area contributed by atoms with Gasteiger partial charge in [-0.25, -0.2) is 8.42 Å². The number of benzene rings is 1. The van der Waals surface area contributed by atoms with E-state index in [0.717, 1.165) is 25.0 Å². The number of halogens is 2. The van der Waals surface area contributed by atoms with Crippen LogP contribution in [0.1, 0.15) is 23.2 Å². The third-order valence-electron chi connectivity index (χ3n) is 2.60. The minimum Gasteiger partial charge on any atom is -0.352 e. The lowest BCUT2D eigenvalue weighted by atomic mass is 10.2. The van der Waals surface area contributed by atoms with E-state index in [0.29, 0.717) is 13.1 Å². The summed E-state index contributed by atoms with van der Waals surface area (Å²) < 4.78 is 47.0. The predicted octanol–water partition coefficient (Wildman–Crippen LogP) is 1.15. The number of sulfone groups is 1. The number of amides is 1. The van der Waals surface area contributed by atoms with E-state index >= 15 is 0 Å². The number of nitrogens with one attached hydrogen (secondary N) is 1. The first kappa shape index (κ1) is 16.5. The Morgan fingerprint density at radius 1 is 1.20 bits per heavy atom. The molecule has 5 nitrogen and oxygen atoms in total. The van der Waals surface area contributed by atoms with E-state index in [1.54, 1.807) is 0 Å². The highest BCUT2D eigenvalue weighted by molar-refractivity contribution is 7.91. The van der Waals surface area contributed by atoms with Gasteiger partial charge in [0, 0.05) is 12.1 Å². The van der Waals surface area contributed by atoms with Gasteiger partial charge in [0.2, 0.25) is 9.84 Å². The highest BCUT2D eigenvalue weighted by Crippen LogP contribution is 2.18. The van der Waals surface area contributed by atoms with E-state index in [-0.39, 0.29) is 11.5 Å². The molecule has 0 spiro atoms. The molecule has 0 bridgehead atoms. The fourth-order valence-electron chi connectivity index (χ4n) is 1.47. The standard InChI is InChI=1S/C12H16F2N2O3S/c13-12(14)20(18,19)10-5-3-9(4-6-10)11(17)16-8-2-1-7-15/h3-6,12H,1-2,7-8,15H2,(H,16,17). The van der Waals surface area contributed by atoms with E-state index in [2.05, 4.69) is 5.32 Å². The van der Waals surface area contributed by atoms with Crippen LogP contribution in [-0.4, -0.2) is 33.2 Å². The third-order valence-corrected chi connectivity index (χ3v) is 3.99. The Kier molecular flexibility index (Phi) is 6.03. The van der Waals surface area contributed by atoms with Crippen LogP contribution in [0.2, 0.25) is 0 Å². The van der Waals surface area contributed by atoms with Gasteiger partial charge in [-0.2, -0.15) is 8.78 Å². The number of nitrogens with two attached hydrogens (primary N) is 1. The molecule has 0 aromatic heterocycles. The van der Waals surface area contributed by atoms with E-state index < -0.39 is 20.5 Å². The van der Waals surface area contributed by atoms with Gasteiger partial charge >= 0.3 is 5.76 Å². The van der Waals surface area contributed by atoms with Crippen molar-refractivity contribution in [1.29, 1.82) is 0 Å². The Balaban J connectivity index is 2.69. The Morgan fingerprint density at radius 2 is 1.80 bits per heavy atom. The van der Waals surface area contributed by atoms with Gasteiger partial charge in [0.05, 0.1) is 4.90 Å². The van der Waals surface area contributed by atoms with E-state index in [1.807, 2.05) is 0 Å². The SMILES string of the molecule is NCCCCNC(=O)c1ccc(S(=O)(=O)C(F)F)cc1. The summed E-state index contributed by atoms with van der Waals surface area (Å²) in [5, 5.41) is 2.62. The highest BCUT2D eigenvalue weighted by Gasteiger charge is 2.26. The lowest BCUT2D eigenvalue weighted by Crippen LogP contribution is -2.25. The van der Waals surface area contributed by atoms with Crippen molar-refractivity contribution in [2.45, 2.75) is 23.5 Å². The second kappa shape index (κ2) is 7.30. The van der Waals surface area contributed by atoms with Crippen molar-refractivity contribution in [3.8, 4) is 0 Å². The van der Waals surface area contributed by atoms with E-state index in [9.17, 15) is 22.0 Å². The summed E-state index contributed by atoms with van der Waals surface area (Å²) in [7, 11) is -4.62. The number of carbonyl (C=O) groups excluding carboxylic acids is 1. The van der Waals surface area contributed by atoms with Crippen LogP contribution in [0.15, 0.2) is 29.2 Å². The summed E-state index contributed by atoms with van der Waals surface area (Å²) in [6, 6.07) is 4.40. The minimum absolute atomic E-state index is 0.214. The van der Waals surface area contributed by atoms with Crippen LogP contribution in [0.3, 0.4) is 0 Å². The molecule has 0 saturated carbocycles. The number of hydrogen-bond donors (Lipinski definition) is 2. The summed E-state index contributed by atoms with van der Waals surface area (Å²) in [5.41, 5.74) is 5.52. The van der Waals surface area contributed by atoms with Crippen LogP contribution < -0.4 is 11.1 Å².